The van der Waals surface area contributed by atoms with Crippen molar-refractivity contribution in [2.24, 2.45) is 0 Å². The molecule has 12 heteroatoms. The molecule has 3 unspecified atom stereocenters. The van der Waals surface area contributed by atoms with Crippen LogP contribution in [-0.4, -0.2) is 66.5 Å². The topological polar surface area (TPSA) is 155 Å². The van der Waals surface area contributed by atoms with E-state index in [1.165, 1.54) is 103 Å². The van der Waals surface area contributed by atoms with E-state index in [9.17, 15) is 28.9 Å². The fourth-order valence-electron chi connectivity index (χ4n) is 7.40. The maximum atomic E-state index is 12.9. The summed E-state index contributed by atoms with van der Waals surface area (Å²) in [6.45, 7) is 4.41. The van der Waals surface area contributed by atoms with Gasteiger partial charge in [0.15, 0.2) is 6.10 Å². The molecule has 3 atom stereocenters. The highest BCUT2D eigenvalue weighted by Gasteiger charge is 2.28. The standard InChI is InChI=1S/C58H101O11P/c1-4-7-10-13-16-19-22-24-25-26-27-28-29-31-33-35-38-41-44-47-56(60)65-51-55(69-58(62)49-46-43-40-37-34-30-23-20-17-14-11-8-5-2)53-67-70(63,64)66-52-54(50-59)68-57(61)48-45-42-39-36-32-21-18-15-12-9-6-3/h8,11,16-17,19-20,24-25,30,34,40,43,54-55,59H,4-7,9-10,12-15,18,21-23,26-29,31-33,35-39,41-42,44-53H2,1-3H3,(H,63,64)/b11-8-,19-16-,20-17-,25-24-,34-30-,43-40-. The molecule has 0 amide bonds. The second kappa shape index (κ2) is 52.2. The molecule has 0 aromatic rings. The van der Waals surface area contributed by atoms with Crippen molar-refractivity contribution in [2.75, 3.05) is 26.4 Å². The normalized spacial score (nSPS) is 14.0. The molecule has 0 fully saturated rings. The fraction of sp³-hybridized carbons (Fsp3) is 0.741. The molecule has 0 heterocycles. The van der Waals surface area contributed by atoms with Crippen LogP contribution in [0.5, 0.6) is 0 Å². The summed E-state index contributed by atoms with van der Waals surface area (Å²) >= 11 is 0. The molecule has 0 saturated heterocycles. The molecular weight excluding hydrogens is 904 g/mol. The van der Waals surface area contributed by atoms with E-state index in [0.29, 0.717) is 19.3 Å². The average Bonchev–Trinajstić information content (AvgIpc) is 3.35. The summed E-state index contributed by atoms with van der Waals surface area (Å²) in [5, 5.41) is 9.77. The number of hydrogen-bond donors (Lipinski definition) is 2. The molecule has 0 bridgehead atoms. The lowest BCUT2D eigenvalue weighted by Gasteiger charge is -2.21. The lowest BCUT2D eigenvalue weighted by molar-refractivity contribution is -0.161. The van der Waals surface area contributed by atoms with Gasteiger partial charge >= 0.3 is 25.7 Å². The number of phosphoric ester groups is 1. The minimum absolute atomic E-state index is 0.0450. The first-order valence-electron chi connectivity index (χ1n) is 27.8. The van der Waals surface area contributed by atoms with Crippen LogP contribution in [0, 0.1) is 0 Å². The summed E-state index contributed by atoms with van der Waals surface area (Å²) in [6.07, 6.45) is 57.4. The lowest BCUT2D eigenvalue weighted by Crippen LogP contribution is -2.30. The van der Waals surface area contributed by atoms with Crippen LogP contribution in [0.25, 0.3) is 0 Å². The van der Waals surface area contributed by atoms with Crippen LogP contribution in [0.2, 0.25) is 0 Å². The van der Waals surface area contributed by atoms with Gasteiger partial charge in [0.05, 0.1) is 19.8 Å². The summed E-state index contributed by atoms with van der Waals surface area (Å²) < 4.78 is 39.3. The van der Waals surface area contributed by atoms with E-state index in [0.717, 1.165) is 77.0 Å². The van der Waals surface area contributed by atoms with Crippen molar-refractivity contribution in [1.82, 2.24) is 0 Å². The number of allylic oxidation sites excluding steroid dienone is 12. The maximum absolute atomic E-state index is 12.9. The highest BCUT2D eigenvalue weighted by molar-refractivity contribution is 7.47. The first-order chi connectivity index (χ1) is 34.2. The number of ether oxygens (including phenoxy) is 3. The predicted octanol–water partition coefficient (Wildman–Crippen LogP) is 16.1. The van der Waals surface area contributed by atoms with E-state index < -0.39 is 57.8 Å². The number of aliphatic hydroxyl groups excluding tert-OH is 1. The smallest absolute Gasteiger partial charge is 0.462 e. The van der Waals surface area contributed by atoms with Gasteiger partial charge in [0.2, 0.25) is 0 Å². The van der Waals surface area contributed by atoms with Crippen LogP contribution in [0.15, 0.2) is 72.9 Å². The van der Waals surface area contributed by atoms with E-state index in [2.05, 4.69) is 81.5 Å². The third-order valence-electron chi connectivity index (χ3n) is 11.6. The number of carbonyl (C=O) groups excluding carboxylic acids is 3. The molecule has 11 nitrogen and oxygen atoms in total. The van der Waals surface area contributed by atoms with Crippen molar-refractivity contribution < 1.29 is 52.2 Å². The number of carbonyl (C=O) groups is 3. The average molecular weight is 1010 g/mol. The van der Waals surface area contributed by atoms with Gasteiger partial charge in [-0.25, -0.2) is 4.57 Å². The minimum Gasteiger partial charge on any atom is -0.462 e. The minimum atomic E-state index is -4.76. The number of aliphatic hydroxyl groups is 1. The van der Waals surface area contributed by atoms with Crippen LogP contribution >= 0.6 is 7.82 Å². The Hall–Kier alpha value is -3.08. The van der Waals surface area contributed by atoms with Gasteiger partial charge < -0.3 is 24.2 Å². The maximum Gasteiger partial charge on any atom is 0.472 e. The molecule has 0 rings (SSSR count). The molecule has 0 aliphatic carbocycles. The monoisotopic (exact) mass is 1000 g/mol. The largest absolute Gasteiger partial charge is 0.472 e. The third-order valence-corrected chi connectivity index (χ3v) is 12.6. The summed E-state index contributed by atoms with van der Waals surface area (Å²) in [5.74, 6) is -1.57. The number of esters is 3. The van der Waals surface area contributed by atoms with E-state index in [1.54, 1.807) is 0 Å². The molecular formula is C58H101O11P. The van der Waals surface area contributed by atoms with Gasteiger partial charge in [-0.15, -0.1) is 0 Å². The van der Waals surface area contributed by atoms with E-state index in [-0.39, 0.29) is 25.9 Å². The SMILES string of the molecule is CC/C=C\C/C=C\C/C=C\C/C=C\CCC(=O)OC(COC(=O)CCCCCCCCCCC/C=C\C/C=C\CCCCC)COP(=O)(O)OCC(CO)OC(=O)CCCCCCCCCCCCC. The van der Waals surface area contributed by atoms with Crippen LogP contribution in [0.3, 0.4) is 0 Å². The van der Waals surface area contributed by atoms with Crippen molar-refractivity contribution in [3.63, 3.8) is 0 Å². The van der Waals surface area contributed by atoms with Gasteiger partial charge in [0.25, 0.3) is 0 Å². The first-order valence-corrected chi connectivity index (χ1v) is 29.3. The molecule has 404 valence electrons. The second-order valence-corrected chi connectivity index (χ2v) is 19.8. The second-order valence-electron chi connectivity index (χ2n) is 18.4. The zero-order valence-corrected chi connectivity index (χ0v) is 45.4. The van der Waals surface area contributed by atoms with Gasteiger partial charge in [-0.1, -0.05) is 216 Å². The molecule has 0 aromatic carbocycles. The van der Waals surface area contributed by atoms with Crippen molar-refractivity contribution in [2.45, 2.75) is 251 Å². The van der Waals surface area contributed by atoms with Crippen LogP contribution in [0.4, 0.5) is 0 Å². The van der Waals surface area contributed by atoms with Gasteiger partial charge in [-0.3, -0.25) is 23.4 Å². The number of unbranched alkanes of at least 4 members (excludes halogenated alkanes) is 22. The highest BCUT2D eigenvalue weighted by atomic mass is 31.2. The van der Waals surface area contributed by atoms with Gasteiger partial charge in [0.1, 0.15) is 12.7 Å². The number of phosphoric acid groups is 1. The molecule has 0 aliphatic heterocycles. The van der Waals surface area contributed by atoms with Gasteiger partial charge in [-0.2, -0.15) is 0 Å². The Morgan fingerprint density at radius 3 is 1.26 bits per heavy atom. The van der Waals surface area contributed by atoms with Crippen LogP contribution < -0.4 is 0 Å². The van der Waals surface area contributed by atoms with Gasteiger partial charge in [-0.05, 0) is 77.0 Å². The Bertz CT molecular complexity index is 1450. The Kier molecular flexibility index (Phi) is 50.0. The third kappa shape index (κ3) is 49.9. The summed E-state index contributed by atoms with van der Waals surface area (Å²) in [4.78, 5) is 48.3. The highest BCUT2D eigenvalue weighted by Crippen LogP contribution is 2.43. The molecule has 0 aromatic heterocycles. The quantitative estimate of drug-likeness (QED) is 0.0197. The molecule has 70 heavy (non-hydrogen) atoms. The molecule has 0 saturated carbocycles. The van der Waals surface area contributed by atoms with E-state index >= 15 is 0 Å². The van der Waals surface area contributed by atoms with E-state index in [1.807, 2.05) is 12.2 Å². The Labute approximate surface area is 427 Å². The van der Waals surface area contributed by atoms with Crippen molar-refractivity contribution in [3.05, 3.63) is 72.9 Å². The summed E-state index contributed by atoms with van der Waals surface area (Å²) in [7, 11) is -4.76. The summed E-state index contributed by atoms with van der Waals surface area (Å²) in [6, 6.07) is 0. The Morgan fingerprint density at radius 1 is 0.414 bits per heavy atom. The van der Waals surface area contributed by atoms with Crippen molar-refractivity contribution >= 4 is 25.7 Å². The predicted molar refractivity (Wildman–Crippen MR) is 288 cm³/mol. The molecule has 0 radical (unpaired) electrons. The Morgan fingerprint density at radius 2 is 0.771 bits per heavy atom. The van der Waals surface area contributed by atoms with E-state index in [4.69, 9.17) is 23.3 Å². The molecule has 0 spiro atoms. The number of hydrogen-bond acceptors (Lipinski definition) is 10. The fourth-order valence-corrected chi connectivity index (χ4v) is 8.18. The summed E-state index contributed by atoms with van der Waals surface area (Å²) in [5.41, 5.74) is 0. The first kappa shape index (κ1) is 66.9. The van der Waals surface area contributed by atoms with Crippen LogP contribution in [0.1, 0.15) is 239 Å². The van der Waals surface area contributed by atoms with Gasteiger partial charge in [0, 0.05) is 19.3 Å². The molecule has 2 N–H and O–H groups in total. The molecule has 0 aliphatic rings. The zero-order valence-electron chi connectivity index (χ0n) is 44.5. The Balaban J connectivity index is 4.76. The van der Waals surface area contributed by atoms with Crippen molar-refractivity contribution in [1.29, 1.82) is 0 Å². The number of rotatable bonds is 51. The van der Waals surface area contributed by atoms with Crippen molar-refractivity contribution in [3.8, 4) is 0 Å². The van der Waals surface area contributed by atoms with Crippen LogP contribution in [-0.2, 0) is 42.2 Å². The lowest BCUT2D eigenvalue weighted by atomic mass is 10.1. The zero-order chi connectivity index (χ0) is 51.3.